The summed E-state index contributed by atoms with van der Waals surface area (Å²) in [6.07, 6.45) is 2.37. The molecule has 2 heterocycles. The van der Waals surface area contributed by atoms with Crippen LogP contribution in [0, 0.1) is 26.6 Å². The second-order valence-corrected chi connectivity index (χ2v) is 5.80. The maximum atomic E-state index is 13.3. The van der Waals surface area contributed by atoms with Crippen molar-refractivity contribution >= 4 is 17.2 Å². The van der Waals surface area contributed by atoms with E-state index in [1.165, 1.54) is 12.1 Å². The van der Waals surface area contributed by atoms with Crippen molar-refractivity contribution in [2.45, 2.75) is 33.6 Å². The van der Waals surface area contributed by atoms with Gasteiger partial charge in [-0.3, -0.25) is 4.79 Å². The number of nitrogens with one attached hydrogen (secondary N) is 1. The Morgan fingerprint density at radius 2 is 2.08 bits per heavy atom. The minimum Gasteiger partial charge on any atom is -0.326 e. The van der Waals surface area contributed by atoms with Crippen LogP contribution in [-0.4, -0.2) is 25.7 Å². The molecule has 0 radical (unpaired) electrons. The molecule has 3 rings (SSSR count). The zero-order valence-corrected chi connectivity index (χ0v) is 13.8. The van der Waals surface area contributed by atoms with E-state index in [4.69, 9.17) is 0 Å². The Labute approximate surface area is 138 Å². The molecule has 2 aromatic heterocycles. The number of halogens is 1. The second kappa shape index (κ2) is 6.35. The minimum atomic E-state index is -0.371. The maximum Gasteiger partial charge on any atom is 0.224 e. The summed E-state index contributed by atoms with van der Waals surface area (Å²) in [5.41, 5.74) is 4.81. The third-order valence-corrected chi connectivity index (χ3v) is 4.09. The molecule has 0 aliphatic rings. The number of nitrogens with zero attached hydrogens (tertiary/aromatic N) is 4. The van der Waals surface area contributed by atoms with E-state index >= 15 is 0 Å². The molecule has 0 atom stereocenters. The Morgan fingerprint density at radius 3 is 2.88 bits per heavy atom. The Morgan fingerprint density at radius 1 is 1.29 bits per heavy atom. The monoisotopic (exact) mass is 327 g/mol. The van der Waals surface area contributed by atoms with Crippen LogP contribution in [0.4, 0.5) is 10.1 Å². The molecule has 1 N–H and O–H groups in total. The molecule has 0 saturated heterocycles. The van der Waals surface area contributed by atoms with Crippen LogP contribution in [0.3, 0.4) is 0 Å². The zero-order valence-electron chi connectivity index (χ0n) is 13.8. The fourth-order valence-electron chi connectivity index (χ4n) is 2.73. The van der Waals surface area contributed by atoms with Gasteiger partial charge in [0.2, 0.25) is 5.91 Å². The molecule has 0 aliphatic carbocycles. The summed E-state index contributed by atoms with van der Waals surface area (Å²) >= 11 is 0. The number of carbonyl (C=O) groups excluding carboxylic acids is 1. The highest BCUT2D eigenvalue weighted by molar-refractivity contribution is 5.91. The summed E-state index contributed by atoms with van der Waals surface area (Å²) in [6, 6.07) is 4.34. The first-order valence-corrected chi connectivity index (χ1v) is 7.68. The largest absolute Gasteiger partial charge is 0.326 e. The molecule has 3 aromatic rings. The molecule has 0 unspecified atom stereocenters. The Bertz CT molecular complexity index is 919. The lowest BCUT2D eigenvalue weighted by atomic mass is 10.0. The van der Waals surface area contributed by atoms with E-state index in [0.29, 0.717) is 17.8 Å². The quantitative estimate of drug-likeness (QED) is 0.800. The molecule has 0 bridgehead atoms. The van der Waals surface area contributed by atoms with Gasteiger partial charge in [-0.1, -0.05) is 6.07 Å². The summed E-state index contributed by atoms with van der Waals surface area (Å²) in [7, 11) is 0. The van der Waals surface area contributed by atoms with Crippen LogP contribution in [-0.2, 0) is 11.2 Å². The van der Waals surface area contributed by atoms with E-state index in [1.807, 2.05) is 20.8 Å². The molecule has 24 heavy (non-hydrogen) atoms. The molecule has 1 amide bonds. The summed E-state index contributed by atoms with van der Waals surface area (Å²) in [5, 5.41) is 15.0. The number of benzene rings is 1. The summed E-state index contributed by atoms with van der Waals surface area (Å²) < 4.78 is 14.9. The Kier molecular flexibility index (Phi) is 4.24. The van der Waals surface area contributed by atoms with Gasteiger partial charge in [-0.05, 0) is 50.5 Å². The summed E-state index contributed by atoms with van der Waals surface area (Å²) in [6.45, 7) is 5.67. The van der Waals surface area contributed by atoms with Crippen LogP contribution >= 0.6 is 0 Å². The lowest BCUT2D eigenvalue weighted by Crippen LogP contribution is -2.14. The van der Waals surface area contributed by atoms with Crippen LogP contribution < -0.4 is 5.32 Å². The van der Waals surface area contributed by atoms with Gasteiger partial charge >= 0.3 is 0 Å². The molecule has 0 saturated carbocycles. The van der Waals surface area contributed by atoms with Crippen LogP contribution in [0.15, 0.2) is 24.5 Å². The van der Waals surface area contributed by atoms with E-state index in [9.17, 15) is 9.18 Å². The molecule has 6 nitrogen and oxygen atoms in total. The molecule has 0 fully saturated rings. The van der Waals surface area contributed by atoms with Crippen LogP contribution in [0.5, 0.6) is 0 Å². The predicted molar refractivity (Wildman–Crippen MR) is 88.3 cm³/mol. The van der Waals surface area contributed by atoms with Crippen molar-refractivity contribution in [3.8, 4) is 0 Å². The van der Waals surface area contributed by atoms with E-state index in [-0.39, 0.29) is 18.1 Å². The molecule has 0 aliphatic heterocycles. The van der Waals surface area contributed by atoms with Gasteiger partial charge in [0.15, 0.2) is 5.65 Å². The highest BCUT2D eigenvalue weighted by Crippen LogP contribution is 2.19. The van der Waals surface area contributed by atoms with Crippen LogP contribution in [0.1, 0.15) is 28.8 Å². The number of amides is 1. The van der Waals surface area contributed by atoms with E-state index in [1.54, 1.807) is 16.9 Å². The lowest BCUT2D eigenvalue weighted by Gasteiger charge is -2.11. The van der Waals surface area contributed by atoms with Gasteiger partial charge in [-0.25, -0.2) is 8.91 Å². The number of carbonyl (C=O) groups is 1. The van der Waals surface area contributed by atoms with Crippen molar-refractivity contribution in [3.63, 3.8) is 0 Å². The lowest BCUT2D eigenvalue weighted by molar-refractivity contribution is -0.116. The number of hydrogen-bond acceptors (Lipinski definition) is 4. The first-order chi connectivity index (χ1) is 11.5. The SMILES string of the molecule is Cc1ccc(F)cc1NC(=O)CCc1c(C)nn2cnnc2c1C. The normalized spacial score (nSPS) is 11.0. The van der Waals surface area contributed by atoms with Crippen molar-refractivity contribution in [2.24, 2.45) is 0 Å². The third kappa shape index (κ3) is 3.10. The molecule has 0 spiro atoms. The van der Waals surface area contributed by atoms with Gasteiger partial charge in [-0.2, -0.15) is 5.10 Å². The molecular weight excluding hydrogens is 309 g/mol. The minimum absolute atomic E-state index is 0.163. The first kappa shape index (κ1) is 16.0. The number of hydrogen-bond donors (Lipinski definition) is 1. The van der Waals surface area contributed by atoms with Gasteiger partial charge in [0, 0.05) is 17.7 Å². The number of aryl methyl sites for hydroxylation is 3. The highest BCUT2D eigenvalue weighted by atomic mass is 19.1. The molecule has 7 heteroatoms. The third-order valence-electron chi connectivity index (χ3n) is 4.09. The van der Waals surface area contributed by atoms with E-state index in [0.717, 1.165) is 22.4 Å². The molecule has 1 aromatic carbocycles. The smallest absolute Gasteiger partial charge is 0.224 e. The van der Waals surface area contributed by atoms with Gasteiger partial charge in [0.05, 0.1) is 5.69 Å². The average Bonchev–Trinajstić information content (AvgIpc) is 2.99. The fraction of sp³-hybridized carbons (Fsp3) is 0.294. The van der Waals surface area contributed by atoms with E-state index in [2.05, 4.69) is 20.6 Å². The van der Waals surface area contributed by atoms with Crippen molar-refractivity contribution in [2.75, 3.05) is 5.32 Å². The zero-order chi connectivity index (χ0) is 17.3. The predicted octanol–water partition coefficient (Wildman–Crippen LogP) is 2.76. The van der Waals surface area contributed by atoms with E-state index < -0.39 is 0 Å². The topological polar surface area (TPSA) is 72.2 Å². The first-order valence-electron chi connectivity index (χ1n) is 7.68. The van der Waals surface area contributed by atoms with Crippen molar-refractivity contribution in [3.05, 3.63) is 52.7 Å². The maximum absolute atomic E-state index is 13.3. The van der Waals surface area contributed by atoms with Crippen molar-refractivity contribution in [1.29, 1.82) is 0 Å². The number of rotatable bonds is 4. The number of fused-ring (bicyclic) bond motifs is 1. The highest BCUT2D eigenvalue weighted by Gasteiger charge is 2.13. The van der Waals surface area contributed by atoms with Gasteiger partial charge < -0.3 is 5.32 Å². The molecular formula is C17H18FN5O. The summed E-state index contributed by atoms with van der Waals surface area (Å²) in [5.74, 6) is -0.534. The summed E-state index contributed by atoms with van der Waals surface area (Å²) in [4.78, 5) is 12.2. The average molecular weight is 327 g/mol. The second-order valence-electron chi connectivity index (χ2n) is 5.80. The van der Waals surface area contributed by atoms with Crippen molar-refractivity contribution in [1.82, 2.24) is 19.8 Å². The van der Waals surface area contributed by atoms with Crippen LogP contribution in [0.25, 0.3) is 5.65 Å². The number of anilines is 1. The Hall–Kier alpha value is -2.83. The van der Waals surface area contributed by atoms with Gasteiger partial charge in [0.25, 0.3) is 0 Å². The fourth-order valence-corrected chi connectivity index (χ4v) is 2.73. The van der Waals surface area contributed by atoms with Gasteiger partial charge in [-0.15, -0.1) is 10.2 Å². The van der Waals surface area contributed by atoms with Gasteiger partial charge in [0.1, 0.15) is 12.1 Å². The van der Waals surface area contributed by atoms with Crippen molar-refractivity contribution < 1.29 is 9.18 Å². The standard InChI is InChI=1S/C17H18FN5O/c1-10-4-5-13(18)8-15(10)20-16(24)7-6-14-11(2)17-21-19-9-23(17)22-12(14)3/h4-5,8-9H,6-7H2,1-3H3,(H,20,24). The van der Waals surface area contributed by atoms with Crippen LogP contribution in [0.2, 0.25) is 0 Å². The molecule has 124 valence electrons. The number of aromatic nitrogens is 4. The Balaban J connectivity index is 1.73.